The van der Waals surface area contributed by atoms with Crippen LogP contribution in [0.25, 0.3) is 0 Å². The predicted molar refractivity (Wildman–Crippen MR) is 39.6 cm³/mol. The quantitative estimate of drug-likeness (QED) is 0.239. The number of nitrogens with zero attached hydrogens (tertiary/aromatic N) is 1. The highest BCUT2D eigenvalue weighted by atomic mass is 16.5. The molecule has 0 saturated carbocycles. The lowest BCUT2D eigenvalue weighted by molar-refractivity contribution is -0.491. The van der Waals surface area contributed by atoms with Gasteiger partial charge < -0.3 is 5.21 Å². The van der Waals surface area contributed by atoms with Gasteiger partial charge in [-0.15, -0.1) is 0 Å². The van der Waals surface area contributed by atoms with Crippen molar-refractivity contribution in [2.45, 2.75) is 26.8 Å². The Morgan fingerprint density at radius 3 is 2.22 bits per heavy atom. The van der Waals surface area contributed by atoms with Gasteiger partial charge >= 0.3 is 0 Å². The Morgan fingerprint density at radius 2 is 2.11 bits per heavy atom. The summed E-state index contributed by atoms with van der Waals surface area (Å²) in [7, 11) is 0. The van der Waals surface area contributed by atoms with Gasteiger partial charge in [-0.2, -0.15) is 0 Å². The standard InChI is InChI=1S/C7H13NO/c1-5-7(4)8(9)6(2)3/h5-6H,1H2,2-4H3/b8-7-. The van der Waals surface area contributed by atoms with Crippen LogP contribution in [-0.2, 0) is 0 Å². The van der Waals surface area contributed by atoms with E-state index in [1.165, 1.54) is 0 Å². The molecule has 0 bridgehead atoms. The Labute approximate surface area is 56.1 Å². The highest BCUT2D eigenvalue weighted by Crippen LogP contribution is 1.88. The topological polar surface area (TPSA) is 26.1 Å². The highest BCUT2D eigenvalue weighted by molar-refractivity contribution is 5.87. The Kier molecular flexibility index (Phi) is 2.99. The number of rotatable bonds is 2. The van der Waals surface area contributed by atoms with E-state index in [4.69, 9.17) is 0 Å². The summed E-state index contributed by atoms with van der Waals surface area (Å²) in [6, 6.07) is 0.0167. The van der Waals surface area contributed by atoms with Crippen molar-refractivity contribution in [1.82, 2.24) is 0 Å². The lowest BCUT2D eigenvalue weighted by Gasteiger charge is -2.08. The van der Waals surface area contributed by atoms with E-state index < -0.39 is 0 Å². The summed E-state index contributed by atoms with van der Waals surface area (Å²) in [6.45, 7) is 8.93. The summed E-state index contributed by atoms with van der Waals surface area (Å²) in [5.74, 6) is 0. The smallest absolute Gasteiger partial charge is 0.183 e. The Hall–Kier alpha value is -0.790. The van der Waals surface area contributed by atoms with Crippen molar-refractivity contribution in [3.63, 3.8) is 0 Å². The maximum atomic E-state index is 10.9. The SMILES string of the molecule is C=C/C(C)=[N+](\[O-])C(C)C. The van der Waals surface area contributed by atoms with E-state index in [1.54, 1.807) is 13.0 Å². The molecule has 0 fully saturated rings. The van der Waals surface area contributed by atoms with Gasteiger partial charge in [0, 0.05) is 6.92 Å². The third-order valence-electron chi connectivity index (χ3n) is 1.11. The molecular formula is C7H13NO. The van der Waals surface area contributed by atoms with Crippen LogP contribution in [0.3, 0.4) is 0 Å². The third kappa shape index (κ3) is 2.31. The molecule has 0 aliphatic heterocycles. The van der Waals surface area contributed by atoms with E-state index in [1.807, 2.05) is 13.8 Å². The van der Waals surface area contributed by atoms with Crippen LogP contribution in [-0.4, -0.2) is 16.5 Å². The van der Waals surface area contributed by atoms with Crippen LogP contribution in [0.1, 0.15) is 20.8 Å². The van der Waals surface area contributed by atoms with E-state index in [2.05, 4.69) is 6.58 Å². The minimum Gasteiger partial charge on any atom is -0.623 e. The average molecular weight is 127 g/mol. The molecule has 0 heterocycles. The zero-order valence-electron chi connectivity index (χ0n) is 6.22. The van der Waals surface area contributed by atoms with Crippen LogP contribution in [0.15, 0.2) is 12.7 Å². The molecule has 0 aromatic rings. The Balaban J connectivity index is 4.27. The third-order valence-corrected chi connectivity index (χ3v) is 1.11. The van der Waals surface area contributed by atoms with E-state index in [9.17, 15) is 5.21 Å². The summed E-state index contributed by atoms with van der Waals surface area (Å²) in [6.07, 6.45) is 1.56. The van der Waals surface area contributed by atoms with Gasteiger partial charge in [0.2, 0.25) is 0 Å². The summed E-state index contributed by atoms with van der Waals surface area (Å²) in [5, 5.41) is 10.9. The molecule has 0 rings (SSSR count). The lowest BCUT2D eigenvalue weighted by Crippen LogP contribution is -2.18. The van der Waals surface area contributed by atoms with Crippen molar-refractivity contribution in [2.24, 2.45) is 0 Å². The second kappa shape index (κ2) is 3.28. The number of hydroxylamine groups is 1. The Morgan fingerprint density at radius 1 is 1.67 bits per heavy atom. The van der Waals surface area contributed by atoms with Gasteiger partial charge in [0.05, 0.1) is 0 Å². The van der Waals surface area contributed by atoms with E-state index in [0.29, 0.717) is 5.71 Å². The molecule has 0 unspecified atom stereocenters. The van der Waals surface area contributed by atoms with Crippen LogP contribution >= 0.6 is 0 Å². The molecule has 9 heavy (non-hydrogen) atoms. The zero-order chi connectivity index (χ0) is 7.44. The number of hydrogen-bond acceptors (Lipinski definition) is 1. The summed E-state index contributed by atoms with van der Waals surface area (Å²) in [5.41, 5.74) is 0.671. The summed E-state index contributed by atoms with van der Waals surface area (Å²) < 4.78 is 0.938. The number of allylic oxidation sites excluding steroid dienone is 1. The van der Waals surface area contributed by atoms with Gasteiger partial charge in [-0.1, -0.05) is 6.58 Å². The van der Waals surface area contributed by atoms with Crippen molar-refractivity contribution in [2.75, 3.05) is 0 Å². The molecule has 0 aromatic carbocycles. The molecule has 0 saturated heterocycles. The average Bonchev–Trinajstić information content (AvgIpc) is 1.84. The second-order valence-corrected chi connectivity index (χ2v) is 2.27. The van der Waals surface area contributed by atoms with Crippen LogP contribution < -0.4 is 0 Å². The van der Waals surface area contributed by atoms with E-state index in [0.717, 1.165) is 4.74 Å². The highest BCUT2D eigenvalue weighted by Gasteiger charge is 2.01. The van der Waals surface area contributed by atoms with Crippen LogP contribution in [0.4, 0.5) is 0 Å². The fourth-order valence-corrected chi connectivity index (χ4v) is 0.497. The molecule has 2 heteroatoms. The predicted octanol–water partition coefficient (Wildman–Crippen LogP) is 1.55. The second-order valence-electron chi connectivity index (χ2n) is 2.27. The minimum absolute atomic E-state index is 0.0167. The maximum Gasteiger partial charge on any atom is 0.183 e. The summed E-state index contributed by atoms with van der Waals surface area (Å²) >= 11 is 0. The molecule has 0 radical (unpaired) electrons. The zero-order valence-corrected chi connectivity index (χ0v) is 6.22. The monoisotopic (exact) mass is 127 g/mol. The number of hydrogen-bond donors (Lipinski definition) is 0. The fourth-order valence-electron chi connectivity index (χ4n) is 0.497. The first-order valence-corrected chi connectivity index (χ1v) is 3.02. The first-order valence-electron chi connectivity index (χ1n) is 3.02. The van der Waals surface area contributed by atoms with Gasteiger partial charge in [0.15, 0.2) is 11.8 Å². The maximum absolute atomic E-state index is 10.9. The van der Waals surface area contributed by atoms with Crippen molar-refractivity contribution < 1.29 is 4.74 Å². The van der Waals surface area contributed by atoms with E-state index in [-0.39, 0.29) is 6.04 Å². The molecule has 0 spiro atoms. The van der Waals surface area contributed by atoms with Gasteiger partial charge in [0.25, 0.3) is 0 Å². The van der Waals surface area contributed by atoms with Crippen LogP contribution in [0.5, 0.6) is 0 Å². The summed E-state index contributed by atoms with van der Waals surface area (Å²) in [4.78, 5) is 0. The van der Waals surface area contributed by atoms with Gasteiger partial charge in [-0.3, -0.25) is 0 Å². The van der Waals surface area contributed by atoms with Crippen molar-refractivity contribution in [3.05, 3.63) is 17.9 Å². The molecule has 0 aliphatic rings. The van der Waals surface area contributed by atoms with Crippen molar-refractivity contribution >= 4 is 5.71 Å². The van der Waals surface area contributed by atoms with Crippen LogP contribution in [0, 0.1) is 5.21 Å². The first-order chi connectivity index (χ1) is 4.09. The van der Waals surface area contributed by atoms with Crippen molar-refractivity contribution in [1.29, 1.82) is 0 Å². The van der Waals surface area contributed by atoms with Gasteiger partial charge in [0.1, 0.15) is 0 Å². The van der Waals surface area contributed by atoms with Gasteiger partial charge in [-0.25, -0.2) is 4.74 Å². The molecule has 0 amide bonds. The largest absolute Gasteiger partial charge is 0.623 e. The normalized spacial score (nSPS) is 13.3. The lowest BCUT2D eigenvalue weighted by atomic mass is 10.3. The minimum atomic E-state index is 0.0167. The molecule has 0 aromatic heterocycles. The molecule has 0 aliphatic carbocycles. The first kappa shape index (κ1) is 8.21. The van der Waals surface area contributed by atoms with E-state index >= 15 is 0 Å². The van der Waals surface area contributed by atoms with Gasteiger partial charge in [-0.05, 0) is 19.9 Å². The molecular weight excluding hydrogens is 114 g/mol. The van der Waals surface area contributed by atoms with Crippen LogP contribution in [0.2, 0.25) is 0 Å². The van der Waals surface area contributed by atoms with Crippen molar-refractivity contribution in [3.8, 4) is 0 Å². The molecule has 2 nitrogen and oxygen atoms in total. The molecule has 0 N–H and O–H groups in total. The molecule has 0 atom stereocenters. The fraction of sp³-hybridized carbons (Fsp3) is 0.571. The Bertz CT molecular complexity index is 136. The molecule has 52 valence electrons.